The van der Waals surface area contributed by atoms with Gasteiger partial charge in [0.15, 0.2) is 0 Å². The SMILES string of the molecule is CCC(CC)C(=O)Oc1ccc(C(C)(C)c2ccc(OC(CC)(CC)C(C)(CC)C(=O)Oc3ccc(C4(c5ccc(OC(C)(C)CC)c(C)c5)CCCCC4)cc3C)cc2)cc1. The minimum absolute atomic E-state index is 0.0908. The van der Waals surface area contributed by atoms with Gasteiger partial charge in [0.2, 0.25) is 0 Å². The summed E-state index contributed by atoms with van der Waals surface area (Å²) < 4.78 is 25.5. The number of hydrogen-bond donors (Lipinski definition) is 0. The quantitative estimate of drug-likeness (QED) is 0.0692. The van der Waals surface area contributed by atoms with Crippen LogP contribution < -0.4 is 18.9 Å². The van der Waals surface area contributed by atoms with E-state index in [1.54, 1.807) is 0 Å². The van der Waals surface area contributed by atoms with Gasteiger partial charge in [-0.1, -0.05) is 123 Å². The lowest BCUT2D eigenvalue weighted by Gasteiger charge is -2.45. The largest absolute Gasteiger partial charge is 0.488 e. The van der Waals surface area contributed by atoms with Gasteiger partial charge in [-0.05, 0) is 156 Å². The number of aryl methyl sites for hydroxylation is 2. The van der Waals surface area contributed by atoms with Crippen LogP contribution in [0.2, 0.25) is 0 Å². The van der Waals surface area contributed by atoms with Crippen LogP contribution in [-0.4, -0.2) is 23.1 Å². The van der Waals surface area contributed by atoms with Crippen molar-refractivity contribution in [3.8, 4) is 23.0 Å². The van der Waals surface area contributed by atoms with Crippen molar-refractivity contribution >= 4 is 11.9 Å². The van der Waals surface area contributed by atoms with E-state index in [4.69, 9.17) is 18.9 Å². The summed E-state index contributed by atoms with van der Waals surface area (Å²) in [6, 6.07) is 29.3. The third-order valence-electron chi connectivity index (χ3n) is 14.9. The van der Waals surface area contributed by atoms with Gasteiger partial charge >= 0.3 is 11.9 Å². The summed E-state index contributed by atoms with van der Waals surface area (Å²) >= 11 is 0. The number of carbonyl (C=O) groups excluding carboxylic acids is 2. The molecule has 0 saturated heterocycles. The second-order valence-corrected chi connectivity index (χ2v) is 19.3. The first-order chi connectivity index (χ1) is 29.4. The van der Waals surface area contributed by atoms with E-state index in [0.717, 1.165) is 60.1 Å². The Balaban J connectivity index is 1.35. The first-order valence-corrected chi connectivity index (χ1v) is 23.6. The number of rotatable bonds is 19. The maximum atomic E-state index is 14.6. The van der Waals surface area contributed by atoms with Crippen LogP contribution in [0.1, 0.15) is 180 Å². The molecule has 0 bridgehead atoms. The first kappa shape index (κ1) is 48.5. The zero-order valence-corrected chi connectivity index (χ0v) is 40.4. The lowest BCUT2D eigenvalue weighted by atomic mass is 9.65. The van der Waals surface area contributed by atoms with Crippen LogP contribution in [0.4, 0.5) is 0 Å². The summed E-state index contributed by atoms with van der Waals surface area (Å²) in [4.78, 5) is 27.1. The van der Waals surface area contributed by atoms with Gasteiger partial charge in [-0.3, -0.25) is 9.59 Å². The predicted molar refractivity (Wildman–Crippen MR) is 254 cm³/mol. The Morgan fingerprint density at radius 2 is 1.08 bits per heavy atom. The Morgan fingerprint density at radius 1 is 0.581 bits per heavy atom. The highest BCUT2D eigenvalue weighted by atomic mass is 16.5. The van der Waals surface area contributed by atoms with Gasteiger partial charge in [-0.25, -0.2) is 0 Å². The summed E-state index contributed by atoms with van der Waals surface area (Å²) in [6.45, 7) is 27.3. The highest BCUT2D eigenvalue weighted by Crippen LogP contribution is 2.48. The molecule has 0 radical (unpaired) electrons. The molecule has 4 aromatic carbocycles. The first-order valence-electron chi connectivity index (χ1n) is 23.6. The van der Waals surface area contributed by atoms with E-state index in [0.29, 0.717) is 36.5 Å². The van der Waals surface area contributed by atoms with E-state index < -0.39 is 11.0 Å². The minimum atomic E-state index is -0.933. The Hall–Kier alpha value is -4.58. The van der Waals surface area contributed by atoms with Crippen LogP contribution >= 0.6 is 0 Å². The molecule has 336 valence electrons. The molecule has 6 heteroatoms. The zero-order chi connectivity index (χ0) is 45.5. The predicted octanol–water partition coefficient (Wildman–Crippen LogP) is 14.7. The lowest BCUT2D eigenvalue weighted by molar-refractivity contribution is -0.162. The van der Waals surface area contributed by atoms with Crippen LogP contribution in [0.3, 0.4) is 0 Å². The van der Waals surface area contributed by atoms with Crippen molar-refractivity contribution in [2.45, 2.75) is 183 Å². The fourth-order valence-electron chi connectivity index (χ4n) is 9.64. The maximum Gasteiger partial charge on any atom is 0.321 e. The Morgan fingerprint density at radius 3 is 1.53 bits per heavy atom. The standard InChI is InChI=1S/C56H76O6/c1-14-41(15-2)50(57)59-46-29-23-42(24-30-46)53(11,12)43-25-31-47(32-26-43)61-56(18-5,19-6)54(13,17-4)51(58)60-48-33-27-44(37-39(48)7)55(35-21-20-22-36-55)45-28-34-49(40(8)38-45)62-52(9,10)16-3/h23-34,37-38,41H,14-22,35-36H2,1-13H3. The topological polar surface area (TPSA) is 71.1 Å². The van der Waals surface area contributed by atoms with Crippen molar-refractivity contribution in [3.05, 3.63) is 118 Å². The van der Waals surface area contributed by atoms with Gasteiger partial charge < -0.3 is 18.9 Å². The van der Waals surface area contributed by atoms with Crippen molar-refractivity contribution in [2.24, 2.45) is 11.3 Å². The second kappa shape index (κ2) is 19.9. The summed E-state index contributed by atoms with van der Waals surface area (Å²) in [5.41, 5.74) is 4.55. The third kappa shape index (κ3) is 9.95. The van der Waals surface area contributed by atoms with Crippen LogP contribution in [0.15, 0.2) is 84.9 Å². The smallest absolute Gasteiger partial charge is 0.321 e. The van der Waals surface area contributed by atoms with E-state index in [-0.39, 0.29) is 34.3 Å². The molecule has 0 N–H and O–H groups in total. The highest BCUT2D eigenvalue weighted by molar-refractivity contribution is 5.81. The normalized spacial score (nSPS) is 15.5. The Labute approximate surface area is 374 Å². The maximum absolute atomic E-state index is 14.6. The van der Waals surface area contributed by atoms with Gasteiger partial charge in [0, 0.05) is 10.8 Å². The molecule has 1 aliphatic carbocycles. The molecule has 0 aliphatic heterocycles. The number of benzene rings is 4. The number of esters is 2. The molecule has 1 unspecified atom stereocenters. The van der Waals surface area contributed by atoms with Crippen LogP contribution in [-0.2, 0) is 20.4 Å². The van der Waals surface area contributed by atoms with E-state index in [1.807, 2.05) is 63.2 Å². The summed E-state index contributed by atoms with van der Waals surface area (Å²) in [6.07, 6.45) is 10.0. The molecule has 1 saturated carbocycles. The van der Waals surface area contributed by atoms with Crippen molar-refractivity contribution in [2.75, 3.05) is 0 Å². The Bertz CT molecular complexity index is 2110. The highest BCUT2D eigenvalue weighted by Gasteiger charge is 2.53. The summed E-state index contributed by atoms with van der Waals surface area (Å²) in [5, 5.41) is 0. The summed E-state index contributed by atoms with van der Waals surface area (Å²) in [7, 11) is 0. The fraction of sp³-hybridized carbons (Fsp3) is 0.536. The molecule has 6 nitrogen and oxygen atoms in total. The zero-order valence-electron chi connectivity index (χ0n) is 40.4. The molecular formula is C56H76O6. The molecule has 62 heavy (non-hydrogen) atoms. The van der Waals surface area contributed by atoms with Gasteiger partial charge in [0.25, 0.3) is 0 Å². The monoisotopic (exact) mass is 845 g/mol. The van der Waals surface area contributed by atoms with Gasteiger partial charge in [-0.15, -0.1) is 0 Å². The average Bonchev–Trinajstić information content (AvgIpc) is 3.27. The average molecular weight is 845 g/mol. The van der Waals surface area contributed by atoms with E-state index in [9.17, 15) is 9.59 Å². The van der Waals surface area contributed by atoms with Gasteiger partial charge in [-0.2, -0.15) is 0 Å². The van der Waals surface area contributed by atoms with Gasteiger partial charge in [0.1, 0.15) is 39.6 Å². The minimum Gasteiger partial charge on any atom is -0.488 e. The molecule has 1 aliphatic rings. The second-order valence-electron chi connectivity index (χ2n) is 19.3. The van der Waals surface area contributed by atoms with E-state index >= 15 is 0 Å². The number of ether oxygens (including phenoxy) is 4. The molecule has 0 amide bonds. The molecule has 5 rings (SSSR count). The Kier molecular flexibility index (Phi) is 15.5. The van der Waals surface area contributed by atoms with Crippen molar-refractivity contribution < 1.29 is 28.5 Å². The molecule has 0 aromatic heterocycles. The molecule has 4 aromatic rings. The lowest BCUT2D eigenvalue weighted by Crippen LogP contribution is -2.56. The van der Waals surface area contributed by atoms with Crippen molar-refractivity contribution in [3.63, 3.8) is 0 Å². The van der Waals surface area contributed by atoms with Crippen molar-refractivity contribution in [1.29, 1.82) is 0 Å². The fourth-order valence-corrected chi connectivity index (χ4v) is 9.64. The molecule has 0 spiro atoms. The molecule has 1 fully saturated rings. The van der Waals surface area contributed by atoms with Gasteiger partial charge in [0.05, 0.1) is 5.92 Å². The van der Waals surface area contributed by atoms with Crippen LogP contribution in [0.5, 0.6) is 23.0 Å². The van der Waals surface area contributed by atoms with E-state index in [1.165, 1.54) is 30.4 Å². The van der Waals surface area contributed by atoms with Crippen molar-refractivity contribution in [1.82, 2.24) is 0 Å². The number of hydrogen-bond acceptors (Lipinski definition) is 6. The number of carbonyl (C=O) groups is 2. The van der Waals surface area contributed by atoms with Crippen LogP contribution in [0.25, 0.3) is 0 Å². The van der Waals surface area contributed by atoms with Crippen LogP contribution in [0, 0.1) is 25.2 Å². The molecule has 0 heterocycles. The van der Waals surface area contributed by atoms with E-state index in [2.05, 4.69) is 112 Å². The summed E-state index contributed by atoms with van der Waals surface area (Å²) in [5.74, 6) is 2.27. The third-order valence-corrected chi connectivity index (χ3v) is 14.9. The molecular weight excluding hydrogens is 769 g/mol. The molecule has 1 atom stereocenters.